The van der Waals surface area contributed by atoms with Crippen LogP contribution in [0.2, 0.25) is 0 Å². The van der Waals surface area contributed by atoms with Gasteiger partial charge in [-0.15, -0.1) is 0 Å². The average Bonchev–Trinajstić information content (AvgIpc) is 2.16. The molecule has 0 saturated carbocycles. The molecule has 0 unspecified atom stereocenters. The van der Waals surface area contributed by atoms with Gasteiger partial charge in [0.2, 0.25) is 0 Å². The molecule has 1 N–H and O–H groups in total. The Labute approximate surface area is 70.6 Å². The predicted molar refractivity (Wildman–Crippen MR) is 44.2 cm³/mol. The van der Waals surface area contributed by atoms with E-state index in [4.69, 9.17) is 4.74 Å². The standard InChI is InChI=1S/C8H10N2O2/c1-9-8(11)6-3-4-10-5-7(6)12-2/h3-5H,1-2H3,(H,9,11). The van der Waals surface area contributed by atoms with Crippen LogP contribution in [-0.2, 0) is 0 Å². The zero-order valence-electron chi connectivity index (χ0n) is 7.00. The molecule has 1 amide bonds. The summed E-state index contributed by atoms with van der Waals surface area (Å²) in [6.45, 7) is 0. The van der Waals surface area contributed by atoms with Gasteiger partial charge in [0, 0.05) is 13.2 Å². The molecule has 4 heteroatoms. The van der Waals surface area contributed by atoms with Crippen LogP contribution in [0.25, 0.3) is 0 Å². The van der Waals surface area contributed by atoms with Crippen molar-refractivity contribution in [1.82, 2.24) is 10.3 Å². The summed E-state index contributed by atoms with van der Waals surface area (Å²) in [5.41, 5.74) is 0.495. The molecule has 4 nitrogen and oxygen atoms in total. The highest BCUT2D eigenvalue weighted by Gasteiger charge is 2.08. The van der Waals surface area contributed by atoms with Gasteiger partial charge in [0.1, 0.15) is 5.75 Å². The molecule has 0 radical (unpaired) electrons. The number of carbonyl (C=O) groups excluding carboxylic acids is 1. The molecule has 0 aromatic carbocycles. The molecule has 1 aromatic rings. The molecule has 0 spiro atoms. The van der Waals surface area contributed by atoms with Gasteiger partial charge in [-0.2, -0.15) is 0 Å². The Morgan fingerprint density at radius 3 is 3.00 bits per heavy atom. The van der Waals surface area contributed by atoms with Gasteiger partial charge in [-0.25, -0.2) is 0 Å². The van der Waals surface area contributed by atoms with Gasteiger partial charge in [0.15, 0.2) is 0 Å². The second-order valence-electron chi connectivity index (χ2n) is 2.16. The summed E-state index contributed by atoms with van der Waals surface area (Å²) in [6.07, 6.45) is 3.05. The molecule has 1 rings (SSSR count). The van der Waals surface area contributed by atoms with E-state index in [0.717, 1.165) is 0 Å². The summed E-state index contributed by atoms with van der Waals surface area (Å²) in [7, 11) is 3.08. The van der Waals surface area contributed by atoms with E-state index in [-0.39, 0.29) is 5.91 Å². The zero-order chi connectivity index (χ0) is 8.97. The highest BCUT2D eigenvalue weighted by atomic mass is 16.5. The van der Waals surface area contributed by atoms with Crippen molar-refractivity contribution in [3.05, 3.63) is 24.0 Å². The molecule has 0 saturated heterocycles. The molecule has 12 heavy (non-hydrogen) atoms. The van der Waals surface area contributed by atoms with Crippen LogP contribution in [0.15, 0.2) is 18.5 Å². The van der Waals surface area contributed by atoms with Gasteiger partial charge in [-0.3, -0.25) is 9.78 Å². The van der Waals surface area contributed by atoms with Crippen LogP contribution in [0, 0.1) is 0 Å². The summed E-state index contributed by atoms with van der Waals surface area (Å²) in [4.78, 5) is 15.0. The fraction of sp³-hybridized carbons (Fsp3) is 0.250. The first-order valence-corrected chi connectivity index (χ1v) is 3.49. The van der Waals surface area contributed by atoms with Crippen LogP contribution < -0.4 is 10.1 Å². The molecule has 0 aliphatic heterocycles. The number of aromatic nitrogens is 1. The minimum absolute atomic E-state index is 0.172. The Morgan fingerprint density at radius 1 is 1.67 bits per heavy atom. The lowest BCUT2D eigenvalue weighted by Gasteiger charge is -2.04. The predicted octanol–water partition coefficient (Wildman–Crippen LogP) is 0.450. The van der Waals surface area contributed by atoms with Crippen molar-refractivity contribution in [2.24, 2.45) is 0 Å². The van der Waals surface area contributed by atoms with Gasteiger partial charge in [0.05, 0.1) is 18.9 Å². The summed E-state index contributed by atoms with van der Waals surface area (Å²) in [5, 5.41) is 2.51. The Kier molecular flexibility index (Phi) is 2.63. The normalized spacial score (nSPS) is 9.17. The molecular formula is C8H10N2O2. The Morgan fingerprint density at radius 2 is 2.42 bits per heavy atom. The summed E-state index contributed by atoms with van der Waals surface area (Å²) in [5.74, 6) is 0.311. The number of ether oxygens (including phenoxy) is 1. The number of carbonyl (C=O) groups is 1. The lowest BCUT2D eigenvalue weighted by atomic mass is 10.2. The number of amides is 1. The van der Waals surface area contributed by atoms with Crippen LogP contribution >= 0.6 is 0 Å². The molecule has 0 aliphatic carbocycles. The SMILES string of the molecule is CNC(=O)c1ccncc1OC. The van der Waals surface area contributed by atoms with Crippen molar-refractivity contribution in [3.63, 3.8) is 0 Å². The average molecular weight is 166 g/mol. The first-order chi connectivity index (χ1) is 5.79. The van der Waals surface area contributed by atoms with Crippen molar-refractivity contribution in [2.45, 2.75) is 0 Å². The number of methoxy groups -OCH3 is 1. The van der Waals surface area contributed by atoms with E-state index in [1.54, 1.807) is 19.3 Å². The van der Waals surface area contributed by atoms with Crippen molar-refractivity contribution in [3.8, 4) is 5.75 Å². The smallest absolute Gasteiger partial charge is 0.254 e. The topological polar surface area (TPSA) is 51.2 Å². The van der Waals surface area contributed by atoms with Crippen molar-refractivity contribution in [2.75, 3.05) is 14.2 Å². The summed E-state index contributed by atoms with van der Waals surface area (Å²) >= 11 is 0. The first kappa shape index (κ1) is 8.52. The second-order valence-corrected chi connectivity index (χ2v) is 2.16. The Balaban J connectivity index is 3.04. The largest absolute Gasteiger partial charge is 0.494 e. The van der Waals surface area contributed by atoms with E-state index < -0.39 is 0 Å². The summed E-state index contributed by atoms with van der Waals surface area (Å²) in [6, 6.07) is 1.61. The van der Waals surface area contributed by atoms with E-state index in [1.807, 2.05) is 0 Å². The third-order valence-electron chi connectivity index (χ3n) is 1.48. The van der Waals surface area contributed by atoms with E-state index >= 15 is 0 Å². The second kappa shape index (κ2) is 3.71. The van der Waals surface area contributed by atoms with E-state index in [2.05, 4.69) is 10.3 Å². The van der Waals surface area contributed by atoms with Crippen molar-refractivity contribution >= 4 is 5.91 Å². The van der Waals surface area contributed by atoms with E-state index in [1.165, 1.54) is 13.3 Å². The number of nitrogens with zero attached hydrogens (tertiary/aromatic N) is 1. The maximum absolute atomic E-state index is 11.2. The molecule has 0 aliphatic rings. The van der Waals surface area contributed by atoms with Gasteiger partial charge in [-0.1, -0.05) is 0 Å². The third kappa shape index (κ3) is 1.53. The van der Waals surface area contributed by atoms with Crippen LogP contribution in [0.1, 0.15) is 10.4 Å². The van der Waals surface area contributed by atoms with Crippen molar-refractivity contribution < 1.29 is 9.53 Å². The van der Waals surface area contributed by atoms with Gasteiger partial charge >= 0.3 is 0 Å². The maximum atomic E-state index is 11.2. The third-order valence-corrected chi connectivity index (χ3v) is 1.48. The number of hydrogen-bond acceptors (Lipinski definition) is 3. The fourth-order valence-corrected chi connectivity index (χ4v) is 0.865. The highest BCUT2D eigenvalue weighted by Crippen LogP contribution is 2.14. The zero-order valence-corrected chi connectivity index (χ0v) is 7.00. The molecule has 1 aromatic heterocycles. The number of pyridine rings is 1. The Bertz CT molecular complexity index is 286. The Hall–Kier alpha value is -1.58. The van der Waals surface area contributed by atoms with Crippen LogP contribution in [-0.4, -0.2) is 25.0 Å². The van der Waals surface area contributed by atoms with Gasteiger partial charge < -0.3 is 10.1 Å². The van der Waals surface area contributed by atoms with Crippen LogP contribution in [0.5, 0.6) is 5.75 Å². The van der Waals surface area contributed by atoms with E-state index in [9.17, 15) is 4.79 Å². The lowest BCUT2D eigenvalue weighted by molar-refractivity contribution is 0.0960. The minimum atomic E-state index is -0.172. The quantitative estimate of drug-likeness (QED) is 0.694. The van der Waals surface area contributed by atoms with E-state index in [0.29, 0.717) is 11.3 Å². The molecule has 0 atom stereocenters. The van der Waals surface area contributed by atoms with Gasteiger partial charge in [0.25, 0.3) is 5.91 Å². The lowest BCUT2D eigenvalue weighted by Crippen LogP contribution is -2.18. The molecule has 64 valence electrons. The highest BCUT2D eigenvalue weighted by molar-refractivity contribution is 5.96. The molecular weight excluding hydrogens is 156 g/mol. The molecule has 0 fully saturated rings. The van der Waals surface area contributed by atoms with Crippen LogP contribution in [0.3, 0.4) is 0 Å². The monoisotopic (exact) mass is 166 g/mol. The van der Waals surface area contributed by atoms with Gasteiger partial charge in [-0.05, 0) is 6.07 Å². The first-order valence-electron chi connectivity index (χ1n) is 3.49. The minimum Gasteiger partial charge on any atom is -0.494 e. The molecule has 1 heterocycles. The number of rotatable bonds is 2. The van der Waals surface area contributed by atoms with Crippen LogP contribution in [0.4, 0.5) is 0 Å². The number of hydrogen-bond donors (Lipinski definition) is 1. The maximum Gasteiger partial charge on any atom is 0.254 e. The fourth-order valence-electron chi connectivity index (χ4n) is 0.865. The van der Waals surface area contributed by atoms with Crippen molar-refractivity contribution in [1.29, 1.82) is 0 Å². The number of nitrogens with one attached hydrogen (secondary N) is 1. The summed E-state index contributed by atoms with van der Waals surface area (Å²) < 4.78 is 4.94. The molecule has 0 bridgehead atoms.